The molecule has 0 saturated heterocycles. The Morgan fingerprint density at radius 2 is 2.62 bits per heavy atom. The lowest BCUT2D eigenvalue weighted by Crippen LogP contribution is -2.13. The molecule has 0 aromatic carbocycles. The van der Waals surface area contributed by atoms with Gasteiger partial charge in [-0.1, -0.05) is 12.6 Å². The fraction of sp³-hybridized carbons (Fsp3) is 0.100. The van der Waals surface area contributed by atoms with Gasteiger partial charge in [0, 0.05) is 7.05 Å². The molecule has 0 radical (unpaired) electrons. The minimum Gasteiger partial charge on any atom is -0.340 e. The molecule has 0 amide bonds. The summed E-state index contributed by atoms with van der Waals surface area (Å²) in [4.78, 5) is 4.98. The van der Waals surface area contributed by atoms with Gasteiger partial charge in [0.15, 0.2) is 5.84 Å². The highest BCUT2D eigenvalue weighted by atomic mass is 32.1. The molecule has 1 aromatic heterocycles. The second-order valence-corrected chi connectivity index (χ2v) is 3.10. The van der Waals surface area contributed by atoms with Gasteiger partial charge in [-0.25, -0.2) is 0 Å². The van der Waals surface area contributed by atoms with E-state index in [1.165, 1.54) is 0 Å². The lowest BCUT2D eigenvalue weighted by atomic mass is 10.4. The normalized spacial score (nSPS) is 10.1. The summed E-state index contributed by atoms with van der Waals surface area (Å²) >= 11 is 1.61. The minimum absolute atomic E-state index is 0.628. The monoisotopic (exact) mass is 190 g/mol. The summed E-state index contributed by atoms with van der Waals surface area (Å²) in [6.07, 6.45) is 1.56. The van der Waals surface area contributed by atoms with Crippen molar-refractivity contribution in [1.82, 2.24) is 5.32 Å². The molecule has 0 atom stereocenters. The van der Waals surface area contributed by atoms with Crippen LogP contribution in [-0.2, 0) is 0 Å². The third-order valence-corrected chi connectivity index (χ3v) is 2.07. The van der Waals surface area contributed by atoms with Crippen molar-refractivity contribution in [2.75, 3.05) is 7.05 Å². The van der Waals surface area contributed by atoms with E-state index in [9.17, 15) is 0 Å². The Bertz CT molecular complexity index is 352. The number of nitrogens with one attached hydrogen (secondary N) is 1. The molecule has 1 heterocycles. The van der Waals surface area contributed by atoms with Crippen LogP contribution in [0.1, 0.15) is 4.88 Å². The Kier molecular flexibility index (Phi) is 3.80. The van der Waals surface area contributed by atoms with Crippen molar-refractivity contribution in [3.05, 3.63) is 35.2 Å². The van der Waals surface area contributed by atoms with E-state index in [0.717, 1.165) is 4.88 Å². The van der Waals surface area contributed by atoms with Gasteiger partial charge in [-0.15, -0.1) is 11.3 Å². The van der Waals surface area contributed by atoms with Crippen molar-refractivity contribution < 1.29 is 0 Å². The summed E-state index contributed by atoms with van der Waals surface area (Å²) in [6.45, 7) is 3.54. The maximum atomic E-state index is 3.94. The van der Waals surface area contributed by atoms with Gasteiger partial charge in [0.2, 0.25) is 0 Å². The van der Waals surface area contributed by atoms with E-state index in [2.05, 4.69) is 28.7 Å². The molecular formula is C10H10N2S. The minimum atomic E-state index is 0.628. The van der Waals surface area contributed by atoms with Crippen LogP contribution in [0.5, 0.6) is 0 Å². The zero-order valence-corrected chi connectivity index (χ0v) is 8.19. The molecule has 13 heavy (non-hydrogen) atoms. The molecule has 1 aromatic rings. The van der Waals surface area contributed by atoms with Crippen LogP contribution < -0.4 is 5.32 Å². The Morgan fingerprint density at radius 1 is 1.77 bits per heavy atom. The summed E-state index contributed by atoms with van der Waals surface area (Å²) in [6, 6.07) is 3.94. The average molecular weight is 190 g/mol. The van der Waals surface area contributed by atoms with E-state index in [1.54, 1.807) is 24.6 Å². The Morgan fingerprint density at radius 3 is 3.15 bits per heavy atom. The van der Waals surface area contributed by atoms with E-state index in [-0.39, 0.29) is 0 Å². The molecule has 1 N–H and O–H groups in total. The second kappa shape index (κ2) is 5.18. The maximum absolute atomic E-state index is 3.94. The number of hydrogen-bond acceptors (Lipinski definition) is 2. The highest BCUT2D eigenvalue weighted by molar-refractivity contribution is 7.10. The lowest BCUT2D eigenvalue weighted by molar-refractivity contribution is 1.26. The smallest absolute Gasteiger partial charge is 0.178 e. The zero-order valence-electron chi connectivity index (χ0n) is 7.37. The molecule has 0 fully saturated rings. The first-order valence-electron chi connectivity index (χ1n) is 3.76. The van der Waals surface area contributed by atoms with E-state index >= 15 is 0 Å². The Balaban J connectivity index is 2.70. The van der Waals surface area contributed by atoms with Crippen LogP contribution in [0.25, 0.3) is 0 Å². The first-order valence-corrected chi connectivity index (χ1v) is 4.64. The summed E-state index contributed by atoms with van der Waals surface area (Å²) in [7, 11) is 1.69. The van der Waals surface area contributed by atoms with Crippen molar-refractivity contribution in [2.45, 2.75) is 0 Å². The lowest BCUT2D eigenvalue weighted by Gasteiger charge is -1.92. The summed E-state index contributed by atoms with van der Waals surface area (Å²) in [5, 5.41) is 4.83. The number of rotatable bonds is 1. The molecule has 3 heteroatoms. The van der Waals surface area contributed by atoms with Crippen LogP contribution in [0, 0.1) is 11.8 Å². The molecule has 0 aliphatic carbocycles. The third-order valence-electron chi connectivity index (χ3n) is 1.29. The summed E-state index contributed by atoms with van der Waals surface area (Å²) in [5.41, 5.74) is 0. The summed E-state index contributed by atoms with van der Waals surface area (Å²) in [5.74, 6) is 6.52. The van der Waals surface area contributed by atoms with Gasteiger partial charge in [-0.2, -0.15) is 0 Å². The second-order valence-electron chi connectivity index (χ2n) is 2.15. The predicted molar refractivity (Wildman–Crippen MR) is 57.9 cm³/mol. The molecule has 0 spiro atoms. The molecule has 0 aliphatic rings. The molecule has 66 valence electrons. The highest BCUT2D eigenvalue weighted by Crippen LogP contribution is 2.05. The van der Waals surface area contributed by atoms with Gasteiger partial charge >= 0.3 is 0 Å². The van der Waals surface area contributed by atoms with Crippen molar-refractivity contribution in [1.29, 1.82) is 0 Å². The standard InChI is InChI=1S/C10H10N2S/c1-3-12-10(11-2)7-6-9-5-4-8-13-9/h3-5,8H,1H2,2H3,(H,11,12). The molecule has 0 saturated carbocycles. The van der Waals surface area contributed by atoms with E-state index in [1.807, 2.05) is 17.5 Å². The highest BCUT2D eigenvalue weighted by Gasteiger charge is 1.87. The van der Waals surface area contributed by atoms with Crippen LogP contribution in [0.3, 0.4) is 0 Å². The Labute approximate surface area is 82.0 Å². The fourth-order valence-corrected chi connectivity index (χ4v) is 1.29. The number of aliphatic imine (C=N–C) groups is 1. The predicted octanol–water partition coefficient (Wildman–Crippen LogP) is 1.86. The van der Waals surface area contributed by atoms with Crippen LogP contribution in [0.2, 0.25) is 0 Å². The average Bonchev–Trinajstić information content (AvgIpc) is 2.64. The van der Waals surface area contributed by atoms with Crippen molar-refractivity contribution >= 4 is 17.2 Å². The van der Waals surface area contributed by atoms with Crippen molar-refractivity contribution in [3.63, 3.8) is 0 Å². The maximum Gasteiger partial charge on any atom is 0.178 e. The van der Waals surface area contributed by atoms with Crippen LogP contribution in [0.4, 0.5) is 0 Å². The first-order chi connectivity index (χ1) is 6.36. The summed E-state index contributed by atoms with van der Waals surface area (Å²) < 4.78 is 0. The number of amidine groups is 1. The van der Waals surface area contributed by atoms with E-state index in [4.69, 9.17) is 0 Å². The van der Waals surface area contributed by atoms with Crippen LogP contribution in [0.15, 0.2) is 35.3 Å². The Hall–Kier alpha value is -1.53. The van der Waals surface area contributed by atoms with Crippen LogP contribution in [-0.4, -0.2) is 12.9 Å². The van der Waals surface area contributed by atoms with Crippen molar-refractivity contribution in [2.24, 2.45) is 4.99 Å². The van der Waals surface area contributed by atoms with E-state index in [0.29, 0.717) is 5.84 Å². The van der Waals surface area contributed by atoms with Gasteiger partial charge in [-0.3, -0.25) is 4.99 Å². The zero-order chi connectivity index (χ0) is 9.52. The number of nitrogens with zero attached hydrogens (tertiary/aromatic N) is 1. The van der Waals surface area contributed by atoms with Gasteiger partial charge in [-0.05, 0) is 29.5 Å². The molecule has 0 aliphatic heterocycles. The third kappa shape index (κ3) is 3.14. The fourth-order valence-electron chi connectivity index (χ4n) is 0.724. The van der Waals surface area contributed by atoms with Gasteiger partial charge in [0.1, 0.15) is 0 Å². The molecule has 0 bridgehead atoms. The van der Waals surface area contributed by atoms with Gasteiger partial charge in [0.25, 0.3) is 0 Å². The molecular weight excluding hydrogens is 180 g/mol. The largest absolute Gasteiger partial charge is 0.340 e. The molecule has 2 nitrogen and oxygen atoms in total. The first kappa shape index (κ1) is 9.56. The van der Waals surface area contributed by atoms with Crippen LogP contribution >= 0.6 is 11.3 Å². The SMILES string of the molecule is C=CNC(C#Cc1cccs1)=NC. The van der Waals surface area contributed by atoms with Gasteiger partial charge < -0.3 is 5.32 Å². The number of thiophene rings is 1. The van der Waals surface area contributed by atoms with E-state index < -0.39 is 0 Å². The van der Waals surface area contributed by atoms with Crippen molar-refractivity contribution in [3.8, 4) is 11.8 Å². The number of hydrogen-bond donors (Lipinski definition) is 1. The quantitative estimate of drug-likeness (QED) is 0.408. The molecule has 1 rings (SSSR count). The van der Waals surface area contributed by atoms with Gasteiger partial charge in [0.05, 0.1) is 4.88 Å². The molecule has 0 unspecified atom stereocenters. The topological polar surface area (TPSA) is 24.4 Å².